The van der Waals surface area contributed by atoms with Gasteiger partial charge in [0.1, 0.15) is 12.4 Å². The second-order valence-corrected chi connectivity index (χ2v) is 10.1. The molecule has 4 rings (SSSR count). The third-order valence-electron chi connectivity index (χ3n) is 6.43. The van der Waals surface area contributed by atoms with Gasteiger partial charge >= 0.3 is 0 Å². The van der Waals surface area contributed by atoms with Gasteiger partial charge in [0.15, 0.2) is 11.6 Å². The Balaban J connectivity index is 1.89. The summed E-state index contributed by atoms with van der Waals surface area (Å²) in [5, 5.41) is 6.73. The van der Waals surface area contributed by atoms with E-state index in [0.29, 0.717) is 16.5 Å². The molecule has 0 bridgehead atoms. The lowest BCUT2D eigenvalue weighted by Gasteiger charge is -2.39. The zero-order chi connectivity index (χ0) is 26.0. The lowest BCUT2D eigenvalue weighted by Crippen LogP contribution is -2.48. The highest BCUT2D eigenvalue weighted by Crippen LogP contribution is 2.30. The van der Waals surface area contributed by atoms with Crippen molar-refractivity contribution in [2.45, 2.75) is 52.2 Å². The lowest BCUT2D eigenvalue weighted by atomic mass is 10.0. The Kier molecular flexibility index (Phi) is 7.31. The minimum Gasteiger partial charge on any atom is -0.494 e. The van der Waals surface area contributed by atoms with Crippen LogP contribution in [0.4, 0.5) is 10.1 Å². The van der Waals surface area contributed by atoms with Gasteiger partial charge in [0, 0.05) is 35.9 Å². The van der Waals surface area contributed by atoms with Crippen LogP contribution in [0, 0.1) is 5.82 Å². The van der Waals surface area contributed by atoms with E-state index < -0.39 is 5.82 Å². The summed E-state index contributed by atoms with van der Waals surface area (Å²) in [6, 6.07) is 9.88. The lowest BCUT2D eigenvalue weighted by molar-refractivity contribution is -0.122. The van der Waals surface area contributed by atoms with Crippen molar-refractivity contribution in [2.24, 2.45) is 0 Å². The smallest absolute Gasteiger partial charge is 0.262 e. The predicted molar refractivity (Wildman–Crippen MR) is 140 cm³/mol. The van der Waals surface area contributed by atoms with E-state index in [-0.39, 0.29) is 41.2 Å². The van der Waals surface area contributed by atoms with Gasteiger partial charge in [-0.3, -0.25) is 14.2 Å². The highest BCUT2D eigenvalue weighted by Gasteiger charge is 2.29. The molecule has 0 saturated carbocycles. The van der Waals surface area contributed by atoms with Crippen LogP contribution in [0.25, 0.3) is 22.3 Å². The molecule has 2 heterocycles. The van der Waals surface area contributed by atoms with Crippen LogP contribution in [-0.4, -0.2) is 53.8 Å². The fourth-order valence-electron chi connectivity index (χ4n) is 4.69. The fourth-order valence-corrected chi connectivity index (χ4v) is 4.69. The Labute approximate surface area is 210 Å². The van der Waals surface area contributed by atoms with Gasteiger partial charge in [0.2, 0.25) is 5.91 Å². The highest BCUT2D eigenvalue weighted by atomic mass is 19.1. The van der Waals surface area contributed by atoms with Crippen molar-refractivity contribution in [1.29, 1.82) is 0 Å². The van der Waals surface area contributed by atoms with Crippen molar-refractivity contribution in [2.75, 3.05) is 31.6 Å². The van der Waals surface area contributed by atoms with Gasteiger partial charge in [-0.2, -0.15) is 0 Å². The predicted octanol–water partition coefficient (Wildman–Crippen LogP) is 3.31. The van der Waals surface area contributed by atoms with Gasteiger partial charge in [-0.1, -0.05) is 0 Å². The average molecular weight is 496 g/mol. The highest BCUT2D eigenvalue weighted by molar-refractivity contribution is 5.85. The molecule has 1 amide bonds. The molecule has 0 unspecified atom stereocenters. The number of carbonyl (C=O) groups is 1. The van der Waals surface area contributed by atoms with Gasteiger partial charge in [-0.05, 0) is 77.1 Å². The van der Waals surface area contributed by atoms with E-state index in [4.69, 9.17) is 9.72 Å². The first-order valence-electron chi connectivity index (χ1n) is 12.3. The summed E-state index contributed by atoms with van der Waals surface area (Å²) in [5.41, 5.74) is 1.45. The largest absolute Gasteiger partial charge is 0.494 e. The Hall–Kier alpha value is -3.46. The standard InChI is InChI=1S/C27H34FN5O3/c1-17(2)30-24(34)15-32-25(18-7-9-21(28)23(13-18)36-5)31-22-10-8-19(14-20(22)26(32)35)33-12-6-11-29-16-27(33,3)4/h7-10,13-14,17,29H,6,11-12,15-16H2,1-5H3,(H,30,34). The number of ether oxygens (including phenoxy) is 1. The Bertz CT molecular complexity index is 1330. The number of aromatic nitrogens is 2. The van der Waals surface area contributed by atoms with Crippen molar-refractivity contribution < 1.29 is 13.9 Å². The maximum absolute atomic E-state index is 14.1. The summed E-state index contributed by atoms with van der Waals surface area (Å²) >= 11 is 0. The number of amides is 1. The molecule has 1 fully saturated rings. The minimum atomic E-state index is -0.521. The SMILES string of the molecule is COc1cc(-c2nc3ccc(N4CCCNCC4(C)C)cc3c(=O)n2CC(=O)NC(C)C)ccc1F. The van der Waals surface area contributed by atoms with E-state index in [0.717, 1.165) is 31.7 Å². The third-order valence-corrected chi connectivity index (χ3v) is 6.43. The summed E-state index contributed by atoms with van der Waals surface area (Å²) in [6.07, 6.45) is 0.991. The van der Waals surface area contributed by atoms with E-state index in [2.05, 4.69) is 29.4 Å². The second kappa shape index (κ2) is 10.3. The maximum atomic E-state index is 14.1. The summed E-state index contributed by atoms with van der Waals surface area (Å²) in [4.78, 5) is 33.6. The first-order chi connectivity index (χ1) is 17.1. The van der Waals surface area contributed by atoms with Crippen molar-refractivity contribution in [1.82, 2.24) is 20.2 Å². The molecule has 9 heteroatoms. The molecule has 0 atom stereocenters. The average Bonchev–Trinajstić information content (AvgIpc) is 3.00. The second-order valence-electron chi connectivity index (χ2n) is 10.1. The van der Waals surface area contributed by atoms with Gasteiger partial charge in [0.25, 0.3) is 5.56 Å². The quantitative estimate of drug-likeness (QED) is 0.546. The van der Waals surface area contributed by atoms with Crippen molar-refractivity contribution in [3.05, 3.63) is 52.6 Å². The first kappa shape index (κ1) is 25.6. The Morgan fingerprint density at radius 1 is 1.25 bits per heavy atom. The maximum Gasteiger partial charge on any atom is 0.262 e. The number of methoxy groups -OCH3 is 1. The topological polar surface area (TPSA) is 88.5 Å². The number of nitrogens with zero attached hydrogens (tertiary/aromatic N) is 3. The number of rotatable bonds is 6. The summed E-state index contributed by atoms with van der Waals surface area (Å²) < 4.78 is 20.6. The molecule has 2 N–H and O–H groups in total. The van der Waals surface area contributed by atoms with Crippen LogP contribution < -0.4 is 25.8 Å². The van der Waals surface area contributed by atoms with Gasteiger partial charge in [-0.25, -0.2) is 9.37 Å². The van der Waals surface area contributed by atoms with Gasteiger partial charge in [-0.15, -0.1) is 0 Å². The molecular formula is C27H34FN5O3. The Morgan fingerprint density at radius 2 is 2.03 bits per heavy atom. The summed E-state index contributed by atoms with van der Waals surface area (Å²) in [5.74, 6) is -0.517. The number of fused-ring (bicyclic) bond motifs is 1. The zero-order valence-electron chi connectivity index (χ0n) is 21.5. The van der Waals surface area contributed by atoms with Gasteiger partial charge in [0.05, 0.1) is 18.0 Å². The first-order valence-corrected chi connectivity index (χ1v) is 12.3. The van der Waals surface area contributed by atoms with Crippen LogP contribution >= 0.6 is 0 Å². The molecule has 1 aliphatic rings. The van der Waals surface area contributed by atoms with Crippen LogP contribution in [0.1, 0.15) is 34.1 Å². The molecular weight excluding hydrogens is 461 g/mol. The van der Waals surface area contributed by atoms with Crippen molar-refractivity contribution >= 4 is 22.5 Å². The molecule has 0 aliphatic carbocycles. The van der Waals surface area contributed by atoms with Crippen molar-refractivity contribution in [3.8, 4) is 17.1 Å². The molecule has 8 nitrogen and oxygen atoms in total. The van der Waals surface area contributed by atoms with Crippen LogP contribution in [0.2, 0.25) is 0 Å². The number of hydrogen-bond acceptors (Lipinski definition) is 6. The molecule has 36 heavy (non-hydrogen) atoms. The van der Waals surface area contributed by atoms with Crippen molar-refractivity contribution in [3.63, 3.8) is 0 Å². The normalized spacial score (nSPS) is 15.7. The molecule has 0 spiro atoms. The van der Waals surface area contributed by atoms with E-state index in [9.17, 15) is 14.0 Å². The number of carbonyl (C=O) groups excluding carboxylic acids is 1. The molecule has 192 valence electrons. The molecule has 3 aromatic rings. The number of halogens is 1. The van der Waals surface area contributed by atoms with E-state index in [1.807, 2.05) is 32.0 Å². The third kappa shape index (κ3) is 5.21. The van der Waals surface area contributed by atoms with Crippen LogP contribution in [0.15, 0.2) is 41.2 Å². The summed E-state index contributed by atoms with van der Waals surface area (Å²) in [7, 11) is 1.38. The summed E-state index contributed by atoms with van der Waals surface area (Å²) in [6.45, 7) is 10.5. The number of benzene rings is 2. The van der Waals surface area contributed by atoms with E-state index in [1.165, 1.54) is 29.9 Å². The zero-order valence-corrected chi connectivity index (χ0v) is 21.5. The van der Waals surface area contributed by atoms with Crippen LogP contribution in [0.5, 0.6) is 5.75 Å². The van der Waals surface area contributed by atoms with Crippen LogP contribution in [-0.2, 0) is 11.3 Å². The molecule has 1 aliphatic heterocycles. The number of nitrogens with one attached hydrogen (secondary N) is 2. The molecule has 0 radical (unpaired) electrons. The molecule has 1 aromatic heterocycles. The van der Waals surface area contributed by atoms with E-state index >= 15 is 0 Å². The number of anilines is 1. The number of hydrogen-bond donors (Lipinski definition) is 2. The van der Waals surface area contributed by atoms with Crippen LogP contribution in [0.3, 0.4) is 0 Å². The molecule has 1 saturated heterocycles. The Morgan fingerprint density at radius 3 is 2.75 bits per heavy atom. The van der Waals surface area contributed by atoms with Gasteiger partial charge < -0.3 is 20.3 Å². The fraction of sp³-hybridized carbons (Fsp3) is 0.444. The van der Waals surface area contributed by atoms with E-state index in [1.54, 1.807) is 0 Å². The monoisotopic (exact) mass is 495 g/mol. The minimum absolute atomic E-state index is 0.0346. The molecule has 2 aromatic carbocycles.